The number of hydrogen-bond donors (Lipinski definition) is 2. The highest BCUT2D eigenvalue weighted by Gasteiger charge is 2.26. The second-order valence-electron chi connectivity index (χ2n) is 3.71. The van der Waals surface area contributed by atoms with E-state index in [9.17, 15) is 0 Å². The number of aliphatic hydroxyl groups excluding tert-OH is 1. The van der Waals surface area contributed by atoms with Crippen LogP contribution in [-0.4, -0.2) is 48.3 Å². The van der Waals surface area contributed by atoms with Crippen LogP contribution in [0.25, 0.3) is 0 Å². The fraction of sp³-hybridized carbons (Fsp3) is 1.00. The smallest absolute Gasteiger partial charge is 0.0610 e. The molecule has 0 bridgehead atoms. The summed E-state index contributed by atoms with van der Waals surface area (Å²) in [7, 11) is 0. The Balaban J connectivity index is 0. The highest BCUT2D eigenvalue weighted by atomic mass is 35.5. The maximum atomic E-state index is 9.08. The summed E-state index contributed by atoms with van der Waals surface area (Å²) in [5, 5.41) is 12.4. The lowest BCUT2D eigenvalue weighted by Crippen LogP contribution is -2.54. The van der Waals surface area contributed by atoms with Gasteiger partial charge in [-0.1, -0.05) is 0 Å². The van der Waals surface area contributed by atoms with Gasteiger partial charge in [-0.25, -0.2) is 0 Å². The van der Waals surface area contributed by atoms with Crippen LogP contribution in [0.4, 0.5) is 0 Å². The second kappa shape index (κ2) is 6.85. The molecular formula is C8H20Cl2N2O. The first-order valence-corrected chi connectivity index (χ1v) is 4.23. The first-order chi connectivity index (χ1) is 5.17. The molecular weight excluding hydrogens is 211 g/mol. The molecule has 82 valence electrons. The molecule has 13 heavy (non-hydrogen) atoms. The largest absolute Gasteiger partial charge is 0.394 e. The van der Waals surface area contributed by atoms with Gasteiger partial charge >= 0.3 is 0 Å². The fourth-order valence-electron chi connectivity index (χ4n) is 1.37. The number of piperazine rings is 1. The normalized spacial score (nSPS) is 18.7. The fourth-order valence-corrected chi connectivity index (χ4v) is 1.37. The molecule has 5 heteroatoms. The van der Waals surface area contributed by atoms with Crippen molar-refractivity contribution in [1.82, 2.24) is 10.2 Å². The highest BCUT2D eigenvalue weighted by Crippen LogP contribution is 2.13. The molecule has 2 N–H and O–H groups in total. The Morgan fingerprint density at radius 3 is 2.08 bits per heavy atom. The summed E-state index contributed by atoms with van der Waals surface area (Å²) >= 11 is 0. The Morgan fingerprint density at radius 2 is 1.69 bits per heavy atom. The van der Waals surface area contributed by atoms with Crippen LogP contribution < -0.4 is 5.32 Å². The zero-order valence-electron chi connectivity index (χ0n) is 8.25. The third-order valence-electron chi connectivity index (χ3n) is 2.36. The van der Waals surface area contributed by atoms with E-state index in [1.807, 2.05) is 0 Å². The molecule has 0 amide bonds. The molecule has 0 aromatic carbocycles. The quantitative estimate of drug-likeness (QED) is 0.726. The molecule has 1 heterocycles. The predicted molar refractivity (Wildman–Crippen MR) is 60.1 cm³/mol. The van der Waals surface area contributed by atoms with Crippen LogP contribution in [0.3, 0.4) is 0 Å². The van der Waals surface area contributed by atoms with Gasteiger partial charge in [0.25, 0.3) is 0 Å². The van der Waals surface area contributed by atoms with Gasteiger partial charge in [0.15, 0.2) is 0 Å². The first-order valence-electron chi connectivity index (χ1n) is 4.23. The van der Waals surface area contributed by atoms with Gasteiger partial charge in [0.2, 0.25) is 0 Å². The average Bonchev–Trinajstić information content (AvgIpc) is 2.06. The van der Waals surface area contributed by atoms with Crippen molar-refractivity contribution in [3.63, 3.8) is 0 Å². The van der Waals surface area contributed by atoms with E-state index in [4.69, 9.17) is 5.11 Å². The summed E-state index contributed by atoms with van der Waals surface area (Å²) in [5.74, 6) is 0. The molecule has 1 rings (SSSR count). The van der Waals surface area contributed by atoms with Crippen molar-refractivity contribution in [2.24, 2.45) is 0 Å². The van der Waals surface area contributed by atoms with Crippen molar-refractivity contribution in [3.05, 3.63) is 0 Å². The van der Waals surface area contributed by atoms with Gasteiger partial charge in [-0.3, -0.25) is 4.90 Å². The number of nitrogens with one attached hydrogen (secondary N) is 1. The molecule has 0 aliphatic carbocycles. The molecule has 0 spiro atoms. The number of nitrogens with zero attached hydrogens (tertiary/aromatic N) is 1. The van der Waals surface area contributed by atoms with E-state index < -0.39 is 0 Å². The van der Waals surface area contributed by atoms with Crippen molar-refractivity contribution in [2.75, 3.05) is 32.8 Å². The SMILES string of the molecule is CC(C)(CO)N1CCNCC1.Cl.Cl. The lowest BCUT2D eigenvalue weighted by atomic mass is 10.0. The minimum atomic E-state index is -0.0396. The summed E-state index contributed by atoms with van der Waals surface area (Å²) in [5.41, 5.74) is -0.0396. The molecule has 0 aromatic heterocycles. The van der Waals surface area contributed by atoms with Crippen molar-refractivity contribution >= 4 is 24.8 Å². The van der Waals surface area contributed by atoms with Gasteiger partial charge in [-0.05, 0) is 13.8 Å². The van der Waals surface area contributed by atoms with Gasteiger partial charge in [-0.2, -0.15) is 0 Å². The average molecular weight is 231 g/mol. The number of aliphatic hydroxyl groups is 1. The molecule has 0 aromatic rings. The topological polar surface area (TPSA) is 35.5 Å². The maximum absolute atomic E-state index is 9.08. The predicted octanol–water partition coefficient (Wildman–Crippen LogP) is 0.506. The van der Waals surface area contributed by atoms with Crippen LogP contribution in [-0.2, 0) is 0 Å². The molecule has 0 unspecified atom stereocenters. The van der Waals surface area contributed by atoms with Gasteiger partial charge in [0.1, 0.15) is 0 Å². The number of hydrogen-bond acceptors (Lipinski definition) is 3. The molecule has 1 aliphatic heterocycles. The monoisotopic (exact) mass is 230 g/mol. The van der Waals surface area contributed by atoms with Crippen molar-refractivity contribution in [2.45, 2.75) is 19.4 Å². The van der Waals surface area contributed by atoms with E-state index in [-0.39, 0.29) is 37.0 Å². The molecule has 0 radical (unpaired) electrons. The molecule has 3 nitrogen and oxygen atoms in total. The van der Waals surface area contributed by atoms with Crippen LogP contribution >= 0.6 is 24.8 Å². The Labute approximate surface area is 92.7 Å². The van der Waals surface area contributed by atoms with E-state index in [2.05, 4.69) is 24.1 Å². The Kier molecular flexibility index (Phi) is 8.38. The van der Waals surface area contributed by atoms with E-state index in [1.165, 1.54) is 0 Å². The Bertz CT molecular complexity index is 127. The summed E-state index contributed by atoms with van der Waals surface area (Å²) in [6.45, 7) is 8.59. The van der Waals surface area contributed by atoms with Crippen LogP contribution in [0.15, 0.2) is 0 Å². The maximum Gasteiger partial charge on any atom is 0.0610 e. The highest BCUT2D eigenvalue weighted by molar-refractivity contribution is 5.85. The number of rotatable bonds is 2. The first kappa shape index (κ1) is 15.9. The lowest BCUT2D eigenvalue weighted by Gasteiger charge is -2.39. The summed E-state index contributed by atoms with van der Waals surface area (Å²) in [4.78, 5) is 2.32. The van der Waals surface area contributed by atoms with Crippen LogP contribution in [0, 0.1) is 0 Å². The van der Waals surface area contributed by atoms with E-state index in [0.717, 1.165) is 26.2 Å². The Morgan fingerprint density at radius 1 is 1.23 bits per heavy atom. The van der Waals surface area contributed by atoms with Crippen molar-refractivity contribution < 1.29 is 5.11 Å². The van der Waals surface area contributed by atoms with E-state index in [1.54, 1.807) is 0 Å². The zero-order chi connectivity index (χ0) is 8.32. The minimum absolute atomic E-state index is 0. The molecule has 1 saturated heterocycles. The second-order valence-corrected chi connectivity index (χ2v) is 3.71. The van der Waals surface area contributed by atoms with Gasteiger partial charge < -0.3 is 10.4 Å². The Hall–Kier alpha value is 0.460. The number of halogens is 2. The van der Waals surface area contributed by atoms with Gasteiger partial charge in [0, 0.05) is 31.7 Å². The summed E-state index contributed by atoms with van der Waals surface area (Å²) < 4.78 is 0. The third-order valence-corrected chi connectivity index (χ3v) is 2.36. The standard InChI is InChI=1S/C8H18N2O.2ClH/c1-8(2,7-11)10-5-3-9-4-6-10;;/h9,11H,3-7H2,1-2H3;2*1H. The minimum Gasteiger partial charge on any atom is -0.394 e. The molecule has 0 saturated carbocycles. The van der Waals surface area contributed by atoms with Gasteiger partial charge in [0.05, 0.1) is 6.61 Å². The van der Waals surface area contributed by atoms with Crippen LogP contribution in [0.5, 0.6) is 0 Å². The summed E-state index contributed by atoms with van der Waals surface area (Å²) in [6.07, 6.45) is 0. The molecule has 1 fully saturated rings. The lowest BCUT2D eigenvalue weighted by molar-refractivity contribution is 0.0477. The van der Waals surface area contributed by atoms with Crippen LogP contribution in [0.2, 0.25) is 0 Å². The molecule has 0 atom stereocenters. The van der Waals surface area contributed by atoms with E-state index in [0.29, 0.717) is 0 Å². The zero-order valence-corrected chi connectivity index (χ0v) is 9.88. The van der Waals surface area contributed by atoms with Crippen LogP contribution in [0.1, 0.15) is 13.8 Å². The van der Waals surface area contributed by atoms with Crippen molar-refractivity contribution in [1.29, 1.82) is 0 Å². The van der Waals surface area contributed by atoms with Gasteiger partial charge in [-0.15, -0.1) is 24.8 Å². The van der Waals surface area contributed by atoms with E-state index >= 15 is 0 Å². The third kappa shape index (κ3) is 4.47. The summed E-state index contributed by atoms with van der Waals surface area (Å²) in [6, 6.07) is 0. The van der Waals surface area contributed by atoms with Crippen molar-refractivity contribution in [3.8, 4) is 0 Å². The molecule has 1 aliphatic rings.